The zero-order valence-corrected chi connectivity index (χ0v) is 20.6. The standard InChI is InChI=1S/C27H22F2N6O4/c1-2-38-17-11-20(28)19(21(29)12-17)14-35-22-6-4-3-5-18(22)25(34-35)27-31-13-23(39-15-24(36)37)26(33-27)32-16-7-9-30-10-8-16/h3-13H,2,14-15H2,1H3,(H,36,37)(H,30,31,32,33). The fourth-order valence-electron chi connectivity index (χ4n) is 3.94. The Labute approximate surface area is 220 Å². The van der Waals surface area contributed by atoms with Crippen LogP contribution in [0.5, 0.6) is 11.5 Å². The van der Waals surface area contributed by atoms with Crippen LogP contribution >= 0.6 is 0 Å². The van der Waals surface area contributed by atoms with Crippen molar-refractivity contribution in [1.82, 2.24) is 24.7 Å². The van der Waals surface area contributed by atoms with Gasteiger partial charge in [0.2, 0.25) is 0 Å². The molecule has 0 spiro atoms. The molecule has 39 heavy (non-hydrogen) atoms. The molecule has 2 N–H and O–H groups in total. The van der Waals surface area contributed by atoms with Crippen molar-refractivity contribution in [2.75, 3.05) is 18.5 Å². The number of hydrogen-bond donors (Lipinski definition) is 2. The molecule has 10 nitrogen and oxygen atoms in total. The van der Waals surface area contributed by atoms with Gasteiger partial charge in [0.25, 0.3) is 0 Å². The predicted octanol–water partition coefficient (Wildman–Crippen LogP) is 4.82. The molecule has 3 heterocycles. The lowest BCUT2D eigenvalue weighted by Crippen LogP contribution is -2.11. The molecule has 5 aromatic rings. The average molecular weight is 533 g/mol. The molecular formula is C27H22F2N6O4. The fraction of sp³-hybridized carbons (Fsp3) is 0.148. The molecule has 0 aliphatic rings. The van der Waals surface area contributed by atoms with E-state index in [1.165, 1.54) is 10.9 Å². The average Bonchev–Trinajstić information content (AvgIpc) is 3.29. The van der Waals surface area contributed by atoms with Crippen LogP contribution in [0.3, 0.4) is 0 Å². The Morgan fingerprint density at radius 1 is 1.08 bits per heavy atom. The van der Waals surface area contributed by atoms with Gasteiger partial charge in [-0.25, -0.2) is 23.5 Å². The van der Waals surface area contributed by atoms with Gasteiger partial charge in [-0.2, -0.15) is 5.10 Å². The molecule has 0 aliphatic carbocycles. The number of aromatic nitrogens is 5. The van der Waals surface area contributed by atoms with Crippen molar-refractivity contribution in [3.05, 3.63) is 84.3 Å². The Hall–Kier alpha value is -5.13. The molecule has 0 aliphatic heterocycles. The van der Waals surface area contributed by atoms with Crippen molar-refractivity contribution in [3.63, 3.8) is 0 Å². The zero-order chi connectivity index (χ0) is 27.4. The highest BCUT2D eigenvalue weighted by Crippen LogP contribution is 2.32. The number of carboxylic acids is 1. The minimum absolute atomic E-state index is 0.107. The van der Waals surface area contributed by atoms with E-state index in [1.54, 1.807) is 55.7 Å². The Balaban J connectivity index is 1.56. The molecule has 2 aromatic carbocycles. The highest BCUT2D eigenvalue weighted by molar-refractivity contribution is 5.92. The normalized spacial score (nSPS) is 10.9. The van der Waals surface area contributed by atoms with E-state index < -0.39 is 24.2 Å². The molecule has 0 unspecified atom stereocenters. The van der Waals surface area contributed by atoms with Crippen LogP contribution in [0.4, 0.5) is 20.3 Å². The maximum absolute atomic E-state index is 14.8. The molecule has 0 atom stereocenters. The molecule has 198 valence electrons. The van der Waals surface area contributed by atoms with Crippen LogP contribution in [0.25, 0.3) is 22.4 Å². The van der Waals surface area contributed by atoms with Gasteiger partial charge in [-0.05, 0) is 25.1 Å². The molecule has 5 rings (SSSR count). The van der Waals surface area contributed by atoms with Crippen LogP contribution in [0.2, 0.25) is 0 Å². The number of fused-ring (bicyclic) bond motifs is 1. The maximum Gasteiger partial charge on any atom is 0.341 e. The Bertz CT molecular complexity index is 1620. The van der Waals surface area contributed by atoms with Gasteiger partial charge in [0, 0.05) is 41.2 Å². The number of anilines is 2. The third-order valence-electron chi connectivity index (χ3n) is 5.65. The minimum atomic E-state index is -1.16. The summed E-state index contributed by atoms with van der Waals surface area (Å²) in [7, 11) is 0. The van der Waals surface area contributed by atoms with Gasteiger partial charge in [-0.3, -0.25) is 9.67 Å². The van der Waals surface area contributed by atoms with E-state index in [-0.39, 0.29) is 41.9 Å². The summed E-state index contributed by atoms with van der Waals surface area (Å²) in [5.74, 6) is -2.05. The highest BCUT2D eigenvalue weighted by Gasteiger charge is 2.20. The number of hydrogen-bond acceptors (Lipinski definition) is 8. The second kappa shape index (κ2) is 11.1. The first-order chi connectivity index (χ1) is 18.9. The quantitative estimate of drug-likeness (QED) is 0.260. The van der Waals surface area contributed by atoms with E-state index in [0.717, 1.165) is 12.1 Å². The molecular weight excluding hydrogens is 510 g/mol. The number of halogens is 2. The van der Waals surface area contributed by atoms with E-state index in [4.69, 9.17) is 14.6 Å². The largest absolute Gasteiger partial charge is 0.494 e. The number of rotatable bonds is 10. The van der Waals surface area contributed by atoms with Gasteiger partial charge < -0.3 is 19.9 Å². The second-order valence-corrected chi connectivity index (χ2v) is 8.27. The number of aliphatic carboxylic acids is 1. The number of benzene rings is 2. The van der Waals surface area contributed by atoms with Gasteiger partial charge in [0.1, 0.15) is 23.1 Å². The molecule has 0 bridgehead atoms. The van der Waals surface area contributed by atoms with Crippen molar-refractivity contribution in [3.8, 4) is 23.0 Å². The van der Waals surface area contributed by atoms with Crippen molar-refractivity contribution >= 4 is 28.4 Å². The summed E-state index contributed by atoms with van der Waals surface area (Å²) in [5.41, 5.74) is 1.43. The number of ether oxygens (including phenoxy) is 2. The summed E-state index contributed by atoms with van der Waals surface area (Å²) in [6, 6.07) is 12.9. The van der Waals surface area contributed by atoms with Crippen LogP contribution in [0.15, 0.2) is 67.1 Å². The first-order valence-electron chi connectivity index (χ1n) is 11.9. The monoisotopic (exact) mass is 532 g/mol. The predicted molar refractivity (Wildman–Crippen MR) is 138 cm³/mol. The second-order valence-electron chi connectivity index (χ2n) is 8.27. The highest BCUT2D eigenvalue weighted by atomic mass is 19.1. The minimum Gasteiger partial charge on any atom is -0.494 e. The van der Waals surface area contributed by atoms with Crippen LogP contribution in [-0.2, 0) is 11.3 Å². The molecule has 0 fully saturated rings. The third kappa shape index (κ3) is 5.59. The molecule has 0 amide bonds. The van der Waals surface area contributed by atoms with Crippen molar-refractivity contribution in [2.45, 2.75) is 13.5 Å². The van der Waals surface area contributed by atoms with Crippen LogP contribution < -0.4 is 14.8 Å². The van der Waals surface area contributed by atoms with Crippen molar-refractivity contribution < 1.29 is 28.2 Å². The summed E-state index contributed by atoms with van der Waals surface area (Å²) >= 11 is 0. The zero-order valence-electron chi connectivity index (χ0n) is 20.6. The summed E-state index contributed by atoms with van der Waals surface area (Å²) in [4.78, 5) is 23.9. The first-order valence-corrected chi connectivity index (χ1v) is 11.9. The molecule has 3 aromatic heterocycles. The molecule has 0 radical (unpaired) electrons. The van der Waals surface area contributed by atoms with E-state index >= 15 is 0 Å². The van der Waals surface area contributed by atoms with E-state index in [1.807, 2.05) is 0 Å². The van der Waals surface area contributed by atoms with E-state index in [0.29, 0.717) is 22.3 Å². The molecule has 0 saturated heterocycles. The van der Waals surface area contributed by atoms with Crippen LogP contribution in [-0.4, -0.2) is 49.0 Å². The van der Waals surface area contributed by atoms with Gasteiger partial charge in [-0.15, -0.1) is 0 Å². The third-order valence-corrected chi connectivity index (χ3v) is 5.65. The number of nitrogens with zero attached hydrogens (tertiary/aromatic N) is 5. The number of carboxylic acid groups (broad SMARTS) is 1. The summed E-state index contributed by atoms with van der Waals surface area (Å²) in [6.45, 7) is 1.23. The number of nitrogens with one attached hydrogen (secondary N) is 1. The topological polar surface area (TPSA) is 124 Å². The summed E-state index contributed by atoms with van der Waals surface area (Å²) < 4.78 is 41.7. The lowest BCUT2D eigenvalue weighted by molar-refractivity contribution is -0.139. The lowest BCUT2D eigenvalue weighted by Gasteiger charge is -2.12. The van der Waals surface area contributed by atoms with Crippen LogP contribution in [0, 0.1) is 11.6 Å². The smallest absolute Gasteiger partial charge is 0.341 e. The number of pyridine rings is 1. The van der Waals surface area contributed by atoms with Crippen molar-refractivity contribution in [1.29, 1.82) is 0 Å². The van der Waals surface area contributed by atoms with Gasteiger partial charge in [0.15, 0.2) is 24.0 Å². The van der Waals surface area contributed by atoms with Crippen molar-refractivity contribution in [2.24, 2.45) is 0 Å². The Kier molecular flexibility index (Phi) is 7.26. The maximum atomic E-state index is 14.8. The lowest BCUT2D eigenvalue weighted by atomic mass is 10.1. The molecule has 12 heteroatoms. The molecule has 0 saturated carbocycles. The first kappa shape index (κ1) is 25.5. The fourth-order valence-corrected chi connectivity index (χ4v) is 3.94. The van der Waals surface area contributed by atoms with E-state index in [2.05, 4.69) is 25.4 Å². The van der Waals surface area contributed by atoms with E-state index in [9.17, 15) is 13.6 Å². The SMILES string of the molecule is CCOc1cc(F)c(Cn2nc(-c3ncc(OCC(=O)O)c(Nc4ccncc4)n3)c3ccccc32)c(F)c1. The van der Waals surface area contributed by atoms with Gasteiger partial charge in [0.05, 0.1) is 24.9 Å². The number of para-hydroxylation sites is 1. The van der Waals surface area contributed by atoms with Gasteiger partial charge >= 0.3 is 5.97 Å². The van der Waals surface area contributed by atoms with Gasteiger partial charge in [-0.1, -0.05) is 18.2 Å². The Morgan fingerprint density at radius 2 is 1.82 bits per heavy atom. The Morgan fingerprint density at radius 3 is 2.54 bits per heavy atom. The summed E-state index contributed by atoms with van der Waals surface area (Å²) in [6.07, 6.45) is 4.50. The van der Waals surface area contributed by atoms with Crippen LogP contribution in [0.1, 0.15) is 12.5 Å². The number of carbonyl (C=O) groups is 1. The summed E-state index contributed by atoms with van der Waals surface area (Å²) in [5, 5.41) is 17.4.